The monoisotopic (exact) mass is 392 g/mol. The third-order valence-electron chi connectivity index (χ3n) is 5.07. The van der Waals surface area contributed by atoms with Gasteiger partial charge in [-0.2, -0.15) is 0 Å². The molecule has 4 rings (SSSR count). The first-order valence-corrected chi connectivity index (χ1v) is 9.49. The van der Waals surface area contributed by atoms with Gasteiger partial charge in [-0.1, -0.05) is 66.2 Å². The van der Waals surface area contributed by atoms with Crippen molar-refractivity contribution in [2.45, 2.75) is 12.5 Å². The van der Waals surface area contributed by atoms with Crippen molar-refractivity contribution >= 4 is 23.2 Å². The van der Waals surface area contributed by atoms with E-state index in [4.69, 9.17) is 16.3 Å². The van der Waals surface area contributed by atoms with E-state index in [1.54, 1.807) is 18.2 Å². The molecule has 0 unspecified atom stereocenters. The minimum atomic E-state index is -0.300. The number of benzene rings is 3. The molecule has 1 heterocycles. The summed E-state index contributed by atoms with van der Waals surface area (Å²) in [7, 11) is 3.52. The van der Waals surface area contributed by atoms with Gasteiger partial charge in [-0.25, -0.2) is 10.0 Å². The van der Waals surface area contributed by atoms with E-state index in [0.717, 1.165) is 22.4 Å². The Morgan fingerprint density at radius 1 is 1.04 bits per heavy atom. The number of fused-ring (bicyclic) bond motifs is 1. The summed E-state index contributed by atoms with van der Waals surface area (Å²) in [5.41, 5.74) is 3.86. The van der Waals surface area contributed by atoms with Crippen LogP contribution < -0.4 is 9.75 Å². The van der Waals surface area contributed by atoms with Crippen LogP contribution in [0.3, 0.4) is 0 Å². The van der Waals surface area contributed by atoms with Gasteiger partial charge in [0.15, 0.2) is 0 Å². The number of para-hydroxylation sites is 1. The van der Waals surface area contributed by atoms with E-state index in [1.165, 1.54) is 0 Å². The summed E-state index contributed by atoms with van der Waals surface area (Å²) in [6.07, 6.45) is 0. The predicted octanol–water partition coefficient (Wildman–Crippen LogP) is 4.87. The molecule has 0 N–H and O–H groups in total. The highest BCUT2D eigenvalue weighted by atomic mass is 35.5. The summed E-state index contributed by atoms with van der Waals surface area (Å²) in [6.45, 7) is 0.504. The molecule has 0 spiro atoms. The van der Waals surface area contributed by atoms with Crippen LogP contribution >= 0.6 is 11.6 Å². The van der Waals surface area contributed by atoms with E-state index in [-0.39, 0.29) is 11.8 Å². The fourth-order valence-corrected chi connectivity index (χ4v) is 3.95. The molecule has 0 saturated carbocycles. The highest BCUT2D eigenvalue weighted by Gasteiger charge is 2.40. The second kappa shape index (κ2) is 7.66. The topological polar surface area (TPSA) is 32.8 Å². The second-order valence-electron chi connectivity index (χ2n) is 6.83. The highest BCUT2D eigenvalue weighted by molar-refractivity contribution is 6.31. The van der Waals surface area contributed by atoms with Gasteiger partial charge in [0.25, 0.3) is 5.91 Å². The summed E-state index contributed by atoms with van der Waals surface area (Å²) in [6, 6.07) is 23.5. The zero-order chi connectivity index (χ0) is 19.7. The molecule has 28 heavy (non-hydrogen) atoms. The number of carbonyl (C=O) groups is 1. The zero-order valence-corrected chi connectivity index (χ0v) is 16.6. The van der Waals surface area contributed by atoms with Gasteiger partial charge < -0.3 is 4.74 Å². The molecule has 4 nitrogen and oxygen atoms in total. The van der Waals surface area contributed by atoms with Crippen LogP contribution in [-0.4, -0.2) is 25.1 Å². The smallest absolute Gasteiger partial charge is 0.253 e. The van der Waals surface area contributed by atoms with Crippen LogP contribution in [-0.2, 0) is 11.3 Å². The number of methoxy groups -OCH3 is 1. The van der Waals surface area contributed by atoms with Crippen LogP contribution in [0.2, 0.25) is 5.02 Å². The Morgan fingerprint density at radius 2 is 1.75 bits per heavy atom. The lowest BCUT2D eigenvalue weighted by molar-refractivity contribution is -0.121. The maximum Gasteiger partial charge on any atom is 0.253 e. The maximum absolute atomic E-state index is 13.4. The Balaban J connectivity index is 1.67. The largest absolute Gasteiger partial charge is 0.497 e. The van der Waals surface area contributed by atoms with Crippen LogP contribution in [0.4, 0.5) is 5.69 Å². The quantitative estimate of drug-likeness (QED) is 0.620. The lowest BCUT2D eigenvalue weighted by atomic mass is 9.93. The van der Waals surface area contributed by atoms with Crippen LogP contribution in [0.25, 0.3) is 0 Å². The van der Waals surface area contributed by atoms with Crippen molar-refractivity contribution in [1.82, 2.24) is 5.01 Å². The van der Waals surface area contributed by atoms with Crippen molar-refractivity contribution in [2.75, 3.05) is 19.2 Å². The molecule has 3 aromatic carbocycles. The predicted molar refractivity (Wildman–Crippen MR) is 112 cm³/mol. The third-order valence-corrected chi connectivity index (χ3v) is 5.42. The number of halogens is 1. The lowest BCUT2D eigenvalue weighted by Crippen LogP contribution is -2.42. The maximum atomic E-state index is 13.4. The van der Waals surface area contributed by atoms with E-state index in [2.05, 4.69) is 0 Å². The molecule has 0 saturated heterocycles. The molecule has 1 atom stereocenters. The standard InChI is InChI=1S/C23H21ClN2O2/c1-25(15-17-12-13-18(28-2)14-20(17)24)26-21-11-7-6-10-19(21)22(23(26)27)16-8-4-3-5-9-16/h3-14,22H,15H2,1-2H3/t22-/m1/s1. The van der Waals surface area contributed by atoms with Gasteiger partial charge in [-0.15, -0.1) is 0 Å². The average Bonchev–Trinajstić information content (AvgIpc) is 3.02. The van der Waals surface area contributed by atoms with E-state index in [9.17, 15) is 4.79 Å². The summed E-state index contributed by atoms with van der Waals surface area (Å²) in [5, 5.41) is 4.29. The van der Waals surface area contributed by atoms with Crippen molar-refractivity contribution < 1.29 is 9.53 Å². The van der Waals surface area contributed by atoms with E-state index >= 15 is 0 Å². The number of anilines is 1. The molecule has 0 aromatic heterocycles. The fraction of sp³-hybridized carbons (Fsp3) is 0.174. The van der Waals surface area contributed by atoms with Gasteiger partial charge in [-0.3, -0.25) is 4.79 Å². The number of hydrazine groups is 1. The molecule has 1 aliphatic rings. The molecular weight excluding hydrogens is 372 g/mol. The normalized spacial score (nSPS) is 15.8. The Bertz CT molecular complexity index is 1010. The Hall–Kier alpha value is -2.82. The average molecular weight is 393 g/mol. The van der Waals surface area contributed by atoms with Crippen molar-refractivity contribution in [1.29, 1.82) is 0 Å². The van der Waals surface area contributed by atoms with Gasteiger partial charge >= 0.3 is 0 Å². The molecule has 142 valence electrons. The number of hydrogen-bond donors (Lipinski definition) is 0. The second-order valence-corrected chi connectivity index (χ2v) is 7.23. The van der Waals surface area contributed by atoms with Crippen molar-refractivity contribution in [3.63, 3.8) is 0 Å². The molecular formula is C23H21ClN2O2. The van der Waals surface area contributed by atoms with E-state index in [1.807, 2.05) is 78.8 Å². The van der Waals surface area contributed by atoms with Gasteiger partial charge in [-0.05, 0) is 34.9 Å². The minimum Gasteiger partial charge on any atom is -0.497 e. The SMILES string of the molecule is COc1ccc(CN(C)N2C(=O)[C@H](c3ccccc3)c3ccccc32)c(Cl)c1. The summed E-state index contributed by atoms with van der Waals surface area (Å²) in [5.74, 6) is 0.453. The third kappa shape index (κ3) is 3.26. The highest BCUT2D eigenvalue weighted by Crippen LogP contribution is 2.42. The van der Waals surface area contributed by atoms with Crippen molar-refractivity contribution in [3.8, 4) is 5.75 Å². The van der Waals surface area contributed by atoms with Crippen molar-refractivity contribution in [2.24, 2.45) is 0 Å². The van der Waals surface area contributed by atoms with Gasteiger partial charge in [0.05, 0.1) is 18.7 Å². The first-order chi connectivity index (χ1) is 13.6. The van der Waals surface area contributed by atoms with Crippen molar-refractivity contribution in [3.05, 3.63) is 94.5 Å². The molecule has 0 fully saturated rings. The van der Waals surface area contributed by atoms with Gasteiger partial charge in [0.2, 0.25) is 0 Å². The zero-order valence-electron chi connectivity index (χ0n) is 15.8. The molecule has 0 bridgehead atoms. The first-order valence-electron chi connectivity index (χ1n) is 9.11. The van der Waals surface area contributed by atoms with Crippen LogP contribution in [0.5, 0.6) is 5.75 Å². The van der Waals surface area contributed by atoms with Gasteiger partial charge in [0.1, 0.15) is 5.75 Å². The number of carbonyl (C=O) groups excluding carboxylic acids is 1. The molecule has 0 aliphatic carbocycles. The van der Waals surface area contributed by atoms with E-state index in [0.29, 0.717) is 17.3 Å². The molecule has 0 radical (unpaired) electrons. The minimum absolute atomic E-state index is 0.0412. The Morgan fingerprint density at radius 3 is 2.46 bits per heavy atom. The summed E-state index contributed by atoms with van der Waals surface area (Å²) in [4.78, 5) is 13.4. The molecule has 1 aliphatic heterocycles. The summed E-state index contributed by atoms with van der Waals surface area (Å²) >= 11 is 6.41. The Kier molecular flexibility index (Phi) is 5.07. The number of amides is 1. The molecule has 3 aromatic rings. The number of ether oxygens (including phenoxy) is 1. The lowest BCUT2D eigenvalue weighted by Gasteiger charge is -2.29. The number of hydrogen-bond acceptors (Lipinski definition) is 3. The Labute approximate surface area is 169 Å². The van der Waals surface area contributed by atoms with Crippen LogP contribution in [0.15, 0.2) is 72.8 Å². The van der Waals surface area contributed by atoms with Crippen LogP contribution in [0.1, 0.15) is 22.6 Å². The molecule has 5 heteroatoms. The van der Waals surface area contributed by atoms with Crippen LogP contribution in [0, 0.1) is 0 Å². The van der Waals surface area contributed by atoms with Gasteiger partial charge in [0, 0.05) is 18.6 Å². The number of nitrogens with zero attached hydrogens (tertiary/aromatic N) is 2. The fourth-order valence-electron chi connectivity index (χ4n) is 3.72. The summed E-state index contributed by atoms with van der Waals surface area (Å²) < 4.78 is 5.22. The number of rotatable bonds is 5. The first kappa shape index (κ1) is 18.5. The van der Waals surface area contributed by atoms with E-state index < -0.39 is 0 Å². The molecule has 1 amide bonds.